The van der Waals surface area contributed by atoms with Crippen LogP contribution in [-0.4, -0.2) is 78.7 Å². The van der Waals surface area contributed by atoms with E-state index in [4.69, 9.17) is 9.72 Å². The average molecular weight is 548 g/mol. The summed E-state index contributed by atoms with van der Waals surface area (Å²) >= 11 is 0. The minimum atomic E-state index is -4.23. The summed E-state index contributed by atoms with van der Waals surface area (Å²) in [6, 6.07) is 9.22. The van der Waals surface area contributed by atoms with Gasteiger partial charge in [-0.15, -0.1) is 0 Å². The van der Waals surface area contributed by atoms with Gasteiger partial charge in [-0.3, -0.25) is 0 Å². The number of aromatic nitrogens is 1. The van der Waals surface area contributed by atoms with Gasteiger partial charge in [0.1, 0.15) is 11.6 Å². The fourth-order valence-electron chi connectivity index (χ4n) is 5.61. The summed E-state index contributed by atoms with van der Waals surface area (Å²) in [5, 5.41) is 16.4. The Morgan fingerprint density at radius 1 is 1.18 bits per heavy atom. The molecule has 3 N–H and O–H groups in total. The van der Waals surface area contributed by atoms with Crippen LogP contribution in [0.1, 0.15) is 37.7 Å². The maximum Gasteiger partial charge on any atom is 0.389 e. The summed E-state index contributed by atoms with van der Waals surface area (Å²) in [5.41, 5.74) is 3.05. The zero-order chi connectivity index (χ0) is 27.6. The molecule has 39 heavy (non-hydrogen) atoms. The van der Waals surface area contributed by atoms with Crippen LogP contribution in [0.5, 0.6) is 0 Å². The minimum absolute atomic E-state index is 0.0344. The largest absolute Gasteiger partial charge is 0.394 e. The molecule has 8 nitrogen and oxygen atoms in total. The maximum absolute atomic E-state index is 12.9. The first-order valence-corrected chi connectivity index (χ1v) is 13.6. The number of carbonyl (C=O) groups is 1. The van der Waals surface area contributed by atoms with Gasteiger partial charge in [0.05, 0.1) is 25.4 Å². The van der Waals surface area contributed by atoms with E-state index in [9.17, 15) is 23.1 Å². The number of likely N-dealkylation sites (tertiary alicyclic amines) is 1. The first-order valence-electron chi connectivity index (χ1n) is 13.6. The molecule has 0 unspecified atom stereocenters. The zero-order valence-electron chi connectivity index (χ0n) is 22.2. The number of benzene rings is 1. The number of morpholine rings is 1. The fraction of sp³-hybridized carbons (Fsp3) is 0.571. The van der Waals surface area contributed by atoms with Gasteiger partial charge < -0.3 is 30.3 Å². The topological polar surface area (TPSA) is 90.0 Å². The lowest BCUT2D eigenvalue weighted by molar-refractivity contribution is -0.143. The highest BCUT2D eigenvalue weighted by molar-refractivity contribution is 5.91. The van der Waals surface area contributed by atoms with Gasteiger partial charge in [0.15, 0.2) is 0 Å². The van der Waals surface area contributed by atoms with Gasteiger partial charge in [-0.2, -0.15) is 13.2 Å². The molecule has 2 aliphatic heterocycles. The second-order valence-corrected chi connectivity index (χ2v) is 11.0. The van der Waals surface area contributed by atoms with Crippen molar-refractivity contribution in [2.45, 2.75) is 50.7 Å². The number of nitrogens with zero attached hydrogens (tertiary/aromatic N) is 3. The Balaban J connectivity index is 1.38. The highest BCUT2D eigenvalue weighted by atomic mass is 19.4. The van der Waals surface area contributed by atoms with Crippen molar-refractivity contribution in [1.29, 1.82) is 0 Å². The van der Waals surface area contributed by atoms with E-state index >= 15 is 0 Å². The van der Waals surface area contributed by atoms with Gasteiger partial charge in [-0.25, -0.2) is 9.78 Å². The van der Waals surface area contributed by atoms with Crippen molar-refractivity contribution in [3.8, 4) is 11.1 Å². The minimum Gasteiger partial charge on any atom is -0.394 e. The summed E-state index contributed by atoms with van der Waals surface area (Å²) in [6.45, 7) is 5.12. The summed E-state index contributed by atoms with van der Waals surface area (Å²) in [6.07, 6.45) is -1.94. The molecule has 2 amide bonds. The maximum atomic E-state index is 12.9. The Labute approximate surface area is 226 Å². The average Bonchev–Trinajstić information content (AvgIpc) is 3.35. The molecule has 1 aromatic carbocycles. The van der Waals surface area contributed by atoms with Gasteiger partial charge in [0, 0.05) is 38.3 Å². The molecule has 212 valence electrons. The number of halogens is 3. The predicted molar refractivity (Wildman–Crippen MR) is 144 cm³/mol. The van der Waals surface area contributed by atoms with Crippen molar-refractivity contribution in [1.82, 2.24) is 9.88 Å². The number of carbonyl (C=O) groups excluding carboxylic acids is 1. The van der Waals surface area contributed by atoms with E-state index < -0.39 is 24.5 Å². The Morgan fingerprint density at radius 2 is 1.95 bits per heavy atom. The number of alkyl halides is 3. The molecule has 3 fully saturated rings. The first-order chi connectivity index (χ1) is 18.6. The second-order valence-electron chi connectivity index (χ2n) is 11.0. The van der Waals surface area contributed by atoms with Crippen molar-refractivity contribution >= 4 is 23.4 Å². The van der Waals surface area contributed by atoms with E-state index in [0.29, 0.717) is 37.7 Å². The molecule has 0 radical (unpaired) electrons. The lowest BCUT2D eigenvalue weighted by atomic mass is 9.77. The van der Waals surface area contributed by atoms with Crippen LogP contribution in [0.3, 0.4) is 0 Å². The number of anilines is 3. The molecular formula is C28H36F3N5O3. The highest BCUT2D eigenvalue weighted by Crippen LogP contribution is 2.37. The number of aliphatic hydroxyl groups is 1. The van der Waals surface area contributed by atoms with E-state index in [2.05, 4.69) is 15.5 Å². The lowest BCUT2D eigenvalue weighted by Crippen LogP contribution is -2.48. The second kappa shape index (κ2) is 11.2. The number of urea groups is 1. The normalized spacial score (nSPS) is 21.0. The number of amides is 2. The molecule has 2 aromatic rings. The molecule has 1 aliphatic carbocycles. The first kappa shape index (κ1) is 27.5. The van der Waals surface area contributed by atoms with Crippen LogP contribution in [-0.2, 0) is 4.74 Å². The standard InChI is InChI=1S/C28H36F3N5O3/c1-19-3-4-22(32-26(38)36-8-5-20(17-36)16-28(29,30)31)15-23(19)21-13-24(34-27(18-37)6-2-7-27)33-25(14-21)35-9-11-39-12-10-35/h3-4,13-15,20,37H,2,5-12,16-18H2,1H3,(H,32,38)(H,33,34)/t20-/m0/s1. The summed E-state index contributed by atoms with van der Waals surface area (Å²) < 4.78 is 43.9. The van der Waals surface area contributed by atoms with Gasteiger partial charge in [-0.1, -0.05) is 6.07 Å². The monoisotopic (exact) mass is 547 g/mol. The Kier molecular flexibility index (Phi) is 7.91. The van der Waals surface area contributed by atoms with Crippen molar-refractivity contribution < 1.29 is 27.8 Å². The third-order valence-electron chi connectivity index (χ3n) is 8.05. The van der Waals surface area contributed by atoms with Gasteiger partial charge in [0.2, 0.25) is 0 Å². The van der Waals surface area contributed by atoms with E-state index in [1.54, 1.807) is 6.07 Å². The van der Waals surface area contributed by atoms with Crippen LogP contribution in [0.2, 0.25) is 0 Å². The van der Waals surface area contributed by atoms with E-state index in [-0.39, 0.29) is 18.7 Å². The number of nitrogens with one attached hydrogen (secondary N) is 2. The number of pyridine rings is 1. The summed E-state index contributed by atoms with van der Waals surface area (Å²) in [7, 11) is 0. The molecule has 1 saturated carbocycles. The smallest absolute Gasteiger partial charge is 0.389 e. The molecule has 0 bridgehead atoms. The Bertz CT molecular complexity index is 1180. The molecule has 3 aliphatic rings. The Morgan fingerprint density at radius 3 is 2.62 bits per heavy atom. The SMILES string of the molecule is Cc1ccc(NC(=O)N2CC[C@@H](CC(F)(F)F)C2)cc1-c1cc(NC2(CO)CCC2)nc(N2CCOCC2)c1. The van der Waals surface area contributed by atoms with Crippen LogP contribution in [0.15, 0.2) is 30.3 Å². The fourth-order valence-corrected chi connectivity index (χ4v) is 5.61. The predicted octanol–water partition coefficient (Wildman–Crippen LogP) is 5.03. The van der Waals surface area contributed by atoms with Crippen LogP contribution in [0.4, 0.5) is 35.3 Å². The molecule has 2 saturated heterocycles. The third kappa shape index (κ3) is 6.58. The lowest BCUT2D eigenvalue weighted by Gasteiger charge is -2.41. The summed E-state index contributed by atoms with van der Waals surface area (Å²) in [4.78, 5) is 21.4. The van der Waals surface area contributed by atoms with Crippen molar-refractivity contribution in [2.24, 2.45) is 5.92 Å². The van der Waals surface area contributed by atoms with Crippen LogP contribution >= 0.6 is 0 Å². The number of ether oxygens (including phenoxy) is 1. The van der Waals surface area contributed by atoms with Crippen LogP contribution < -0.4 is 15.5 Å². The van der Waals surface area contributed by atoms with Gasteiger partial charge in [-0.05, 0) is 79.5 Å². The third-order valence-corrected chi connectivity index (χ3v) is 8.05. The van der Waals surface area contributed by atoms with Crippen molar-refractivity contribution in [2.75, 3.05) is 61.5 Å². The Hall–Kier alpha value is -3.05. The van der Waals surface area contributed by atoms with Crippen LogP contribution in [0.25, 0.3) is 11.1 Å². The number of aryl methyl sites for hydroxylation is 1. The quantitative estimate of drug-likeness (QED) is 0.451. The highest BCUT2D eigenvalue weighted by Gasteiger charge is 2.37. The van der Waals surface area contributed by atoms with E-state index in [0.717, 1.165) is 54.9 Å². The van der Waals surface area contributed by atoms with Crippen LogP contribution in [0, 0.1) is 12.8 Å². The van der Waals surface area contributed by atoms with Crippen molar-refractivity contribution in [3.63, 3.8) is 0 Å². The van der Waals surface area contributed by atoms with E-state index in [1.165, 1.54) is 4.90 Å². The number of hydrogen-bond acceptors (Lipinski definition) is 6. The van der Waals surface area contributed by atoms with Crippen molar-refractivity contribution in [3.05, 3.63) is 35.9 Å². The number of rotatable bonds is 7. The molecule has 3 heterocycles. The molecular weight excluding hydrogens is 511 g/mol. The summed E-state index contributed by atoms with van der Waals surface area (Å²) in [5.74, 6) is 0.931. The number of aliphatic hydroxyl groups excluding tert-OH is 1. The zero-order valence-corrected chi connectivity index (χ0v) is 22.2. The molecule has 5 rings (SSSR count). The molecule has 1 atom stereocenters. The number of hydrogen-bond donors (Lipinski definition) is 3. The molecule has 11 heteroatoms. The molecule has 0 spiro atoms. The molecule has 1 aromatic heterocycles. The van der Waals surface area contributed by atoms with E-state index in [1.807, 2.05) is 31.2 Å². The van der Waals surface area contributed by atoms with Gasteiger partial charge in [0.25, 0.3) is 0 Å². The van der Waals surface area contributed by atoms with Gasteiger partial charge >= 0.3 is 12.2 Å².